The molecule has 4 rings (SSSR count). The second-order valence-corrected chi connectivity index (χ2v) is 6.69. The highest BCUT2D eigenvalue weighted by molar-refractivity contribution is 7.14. The molecule has 1 N–H and O–H groups in total. The Labute approximate surface area is 153 Å². The van der Waals surface area contributed by atoms with Crippen LogP contribution in [0.2, 0.25) is 0 Å². The van der Waals surface area contributed by atoms with Crippen LogP contribution in [0.25, 0.3) is 5.82 Å². The fourth-order valence-corrected chi connectivity index (χ4v) is 3.59. The molecule has 0 atom stereocenters. The van der Waals surface area contributed by atoms with Gasteiger partial charge >= 0.3 is 0 Å². The normalized spacial score (nSPS) is 14.0. The lowest BCUT2D eigenvalue weighted by Gasteiger charge is -2.10. The van der Waals surface area contributed by atoms with Gasteiger partial charge in [-0.25, -0.2) is 14.6 Å². The lowest BCUT2D eigenvalue weighted by Crippen LogP contribution is -2.23. The van der Waals surface area contributed by atoms with Gasteiger partial charge in [0.15, 0.2) is 10.9 Å². The number of rotatable bonds is 5. The fraction of sp³-hybridized carbons (Fsp3) is 0.235. The largest absolute Gasteiger partial charge is 0.324 e. The Kier molecular flexibility index (Phi) is 4.44. The molecule has 9 heteroatoms. The molecule has 0 saturated carbocycles. The van der Waals surface area contributed by atoms with Crippen molar-refractivity contribution in [3.05, 3.63) is 47.9 Å². The molecule has 4 heterocycles. The summed E-state index contributed by atoms with van der Waals surface area (Å²) in [5.74, 6) is 0.592. The molecule has 0 unspecified atom stereocenters. The Morgan fingerprint density at radius 2 is 2.27 bits per heavy atom. The smallest absolute Gasteiger partial charge is 0.230 e. The maximum Gasteiger partial charge on any atom is 0.230 e. The van der Waals surface area contributed by atoms with Crippen LogP contribution in [0.3, 0.4) is 0 Å². The van der Waals surface area contributed by atoms with Crippen LogP contribution >= 0.6 is 11.3 Å². The van der Waals surface area contributed by atoms with E-state index in [1.165, 1.54) is 11.3 Å². The molecular formula is C17H16N6O2S. The Bertz CT molecular complexity index is 919. The molecule has 8 nitrogen and oxygen atoms in total. The van der Waals surface area contributed by atoms with Crippen LogP contribution in [-0.2, 0) is 16.0 Å². The lowest BCUT2D eigenvalue weighted by molar-refractivity contribution is -0.117. The van der Waals surface area contributed by atoms with E-state index in [0.29, 0.717) is 35.3 Å². The van der Waals surface area contributed by atoms with Gasteiger partial charge in [-0.3, -0.25) is 14.5 Å². The summed E-state index contributed by atoms with van der Waals surface area (Å²) < 4.78 is 1.64. The standard InChI is InChI=1S/C17H16N6O2S/c24-15(9-13-11-26-17(21-13)22-7-1-3-16(22)25)20-12-4-5-14(18-10-12)23-8-2-6-19-23/h2,4-6,8,10-11H,1,3,7,9H2,(H,20,24). The molecule has 132 valence electrons. The molecular weight excluding hydrogens is 352 g/mol. The van der Waals surface area contributed by atoms with Gasteiger partial charge in [0.2, 0.25) is 11.8 Å². The van der Waals surface area contributed by atoms with Gasteiger partial charge in [0.05, 0.1) is 24.0 Å². The van der Waals surface area contributed by atoms with Gasteiger partial charge in [0.25, 0.3) is 0 Å². The number of pyridine rings is 1. The van der Waals surface area contributed by atoms with E-state index in [2.05, 4.69) is 20.4 Å². The van der Waals surface area contributed by atoms with Crippen LogP contribution < -0.4 is 10.2 Å². The average molecular weight is 368 g/mol. The Morgan fingerprint density at radius 1 is 1.35 bits per heavy atom. The van der Waals surface area contributed by atoms with Crippen LogP contribution in [0.5, 0.6) is 0 Å². The van der Waals surface area contributed by atoms with Crippen molar-refractivity contribution in [3.63, 3.8) is 0 Å². The van der Waals surface area contributed by atoms with Crippen molar-refractivity contribution in [1.82, 2.24) is 19.7 Å². The second-order valence-electron chi connectivity index (χ2n) is 5.85. The van der Waals surface area contributed by atoms with Gasteiger partial charge in [-0.2, -0.15) is 5.10 Å². The minimum Gasteiger partial charge on any atom is -0.324 e. The van der Waals surface area contributed by atoms with Crippen molar-refractivity contribution in [1.29, 1.82) is 0 Å². The van der Waals surface area contributed by atoms with E-state index < -0.39 is 0 Å². The summed E-state index contributed by atoms with van der Waals surface area (Å²) in [4.78, 5) is 34.3. The number of carbonyl (C=O) groups excluding carboxylic acids is 2. The Hall–Kier alpha value is -3.07. The van der Waals surface area contributed by atoms with Crippen LogP contribution in [0, 0.1) is 0 Å². The van der Waals surface area contributed by atoms with E-state index in [4.69, 9.17) is 0 Å². The zero-order valence-electron chi connectivity index (χ0n) is 13.8. The van der Waals surface area contributed by atoms with Gasteiger partial charge in [0, 0.05) is 30.7 Å². The van der Waals surface area contributed by atoms with Crippen molar-refractivity contribution >= 4 is 34.0 Å². The summed E-state index contributed by atoms with van der Waals surface area (Å²) >= 11 is 1.39. The van der Waals surface area contributed by atoms with E-state index in [9.17, 15) is 9.59 Å². The van der Waals surface area contributed by atoms with Gasteiger partial charge in [-0.05, 0) is 24.6 Å². The monoisotopic (exact) mass is 368 g/mol. The molecule has 3 aromatic heterocycles. The molecule has 0 spiro atoms. The number of anilines is 2. The molecule has 1 saturated heterocycles. The number of amides is 2. The number of aromatic nitrogens is 4. The number of carbonyl (C=O) groups is 2. The zero-order valence-corrected chi connectivity index (χ0v) is 14.6. The van der Waals surface area contributed by atoms with Crippen LogP contribution in [-0.4, -0.2) is 38.1 Å². The van der Waals surface area contributed by atoms with Crippen LogP contribution in [0.15, 0.2) is 42.2 Å². The van der Waals surface area contributed by atoms with E-state index in [0.717, 1.165) is 6.42 Å². The summed E-state index contributed by atoms with van der Waals surface area (Å²) in [7, 11) is 0. The molecule has 1 aliphatic heterocycles. The summed E-state index contributed by atoms with van der Waals surface area (Å²) in [6, 6.07) is 5.37. The second kappa shape index (κ2) is 7.04. The van der Waals surface area contributed by atoms with E-state index in [1.807, 2.05) is 11.4 Å². The molecule has 0 aliphatic carbocycles. The van der Waals surface area contributed by atoms with Crippen molar-refractivity contribution in [2.24, 2.45) is 0 Å². The summed E-state index contributed by atoms with van der Waals surface area (Å²) in [6.45, 7) is 0.701. The number of nitrogens with one attached hydrogen (secondary N) is 1. The first-order valence-corrected chi connectivity index (χ1v) is 9.08. The lowest BCUT2D eigenvalue weighted by atomic mass is 10.3. The first-order valence-electron chi connectivity index (χ1n) is 8.20. The number of hydrogen-bond donors (Lipinski definition) is 1. The topological polar surface area (TPSA) is 93.0 Å². The minimum atomic E-state index is -0.178. The maximum absolute atomic E-state index is 12.2. The van der Waals surface area contributed by atoms with E-state index >= 15 is 0 Å². The van der Waals surface area contributed by atoms with Gasteiger partial charge in [-0.15, -0.1) is 11.3 Å². The van der Waals surface area contributed by atoms with Gasteiger partial charge < -0.3 is 5.32 Å². The third kappa shape index (κ3) is 3.47. The molecule has 1 fully saturated rings. The highest BCUT2D eigenvalue weighted by Crippen LogP contribution is 2.25. The summed E-state index contributed by atoms with van der Waals surface area (Å²) in [5, 5.41) is 9.39. The molecule has 0 radical (unpaired) electrons. The van der Waals surface area contributed by atoms with Gasteiger partial charge in [0.1, 0.15) is 0 Å². The summed E-state index contributed by atoms with van der Waals surface area (Å²) in [5.41, 5.74) is 1.26. The molecule has 3 aromatic rings. The Balaban J connectivity index is 1.37. The van der Waals surface area contributed by atoms with Crippen LogP contribution in [0.1, 0.15) is 18.5 Å². The minimum absolute atomic E-state index is 0.0960. The highest BCUT2D eigenvalue weighted by Gasteiger charge is 2.24. The SMILES string of the molecule is O=C(Cc1csc(N2CCCC2=O)n1)Nc1ccc(-n2cccn2)nc1. The predicted octanol–water partition coefficient (Wildman–Crippen LogP) is 2.03. The van der Waals surface area contributed by atoms with Crippen LogP contribution in [0.4, 0.5) is 10.8 Å². The number of hydrogen-bond acceptors (Lipinski definition) is 6. The third-order valence-electron chi connectivity index (χ3n) is 3.96. The van der Waals surface area contributed by atoms with E-state index in [-0.39, 0.29) is 18.2 Å². The number of nitrogens with zero attached hydrogens (tertiary/aromatic N) is 5. The molecule has 2 amide bonds. The quantitative estimate of drug-likeness (QED) is 0.744. The van der Waals surface area contributed by atoms with Crippen molar-refractivity contribution in [2.45, 2.75) is 19.3 Å². The summed E-state index contributed by atoms with van der Waals surface area (Å²) in [6.07, 6.45) is 6.64. The van der Waals surface area contributed by atoms with Gasteiger partial charge in [-0.1, -0.05) is 0 Å². The first kappa shape index (κ1) is 16.4. The first-order chi connectivity index (χ1) is 12.7. The van der Waals surface area contributed by atoms with Crippen molar-refractivity contribution in [3.8, 4) is 5.82 Å². The maximum atomic E-state index is 12.2. The zero-order chi connectivity index (χ0) is 17.9. The molecule has 0 bridgehead atoms. The molecule has 1 aliphatic rings. The number of thiazole rings is 1. The molecule has 26 heavy (non-hydrogen) atoms. The van der Waals surface area contributed by atoms with E-state index in [1.54, 1.807) is 40.3 Å². The Morgan fingerprint density at radius 3 is 2.96 bits per heavy atom. The third-order valence-corrected chi connectivity index (χ3v) is 4.87. The molecule has 0 aromatic carbocycles. The van der Waals surface area contributed by atoms with Crippen molar-refractivity contribution < 1.29 is 9.59 Å². The average Bonchev–Trinajstić information content (AvgIpc) is 3.37. The predicted molar refractivity (Wildman–Crippen MR) is 97.4 cm³/mol. The fourth-order valence-electron chi connectivity index (χ4n) is 2.72. The highest BCUT2D eigenvalue weighted by atomic mass is 32.1. The van der Waals surface area contributed by atoms with Crippen molar-refractivity contribution in [2.75, 3.05) is 16.8 Å².